The second kappa shape index (κ2) is 11.2. The Hall–Kier alpha value is -3.99. The number of benzene rings is 1. The molecule has 178 valence electrons. The van der Waals surface area contributed by atoms with E-state index in [4.69, 9.17) is 14.2 Å². The molecular formula is C23H23N3O7S. The van der Waals surface area contributed by atoms with Crippen LogP contribution in [0.3, 0.4) is 0 Å². The van der Waals surface area contributed by atoms with Gasteiger partial charge in [0.25, 0.3) is 5.91 Å². The van der Waals surface area contributed by atoms with Gasteiger partial charge in [0, 0.05) is 12.4 Å². The van der Waals surface area contributed by atoms with Crippen LogP contribution in [0, 0.1) is 6.92 Å². The Morgan fingerprint density at radius 3 is 2.26 bits per heavy atom. The van der Waals surface area contributed by atoms with E-state index in [9.17, 15) is 19.2 Å². The molecule has 0 atom stereocenters. The first-order chi connectivity index (χ1) is 16.3. The van der Waals surface area contributed by atoms with Gasteiger partial charge < -0.3 is 19.5 Å². The number of anilines is 1. The molecule has 1 aromatic carbocycles. The minimum Gasteiger partial charge on any atom is -0.462 e. The van der Waals surface area contributed by atoms with E-state index in [1.54, 1.807) is 68.2 Å². The standard InChI is InChI=1S/C23H23N3O7S/c1-4-31-22(29)18-14(3)19(23(30)32-5-2)34-20(18)25-17(27)13-33-21(28)15-7-9-16(10-8-15)26-12-6-11-24-26/h6-12H,4-5,13H2,1-3H3,(H,25,27). The average molecular weight is 486 g/mol. The number of ether oxygens (including phenoxy) is 3. The zero-order valence-corrected chi connectivity index (χ0v) is 19.6. The highest BCUT2D eigenvalue weighted by Crippen LogP contribution is 2.34. The molecule has 0 saturated heterocycles. The number of carbonyl (C=O) groups is 4. The van der Waals surface area contributed by atoms with Crippen LogP contribution in [0.5, 0.6) is 0 Å². The van der Waals surface area contributed by atoms with Crippen LogP contribution in [-0.2, 0) is 19.0 Å². The highest BCUT2D eigenvalue weighted by molar-refractivity contribution is 7.18. The van der Waals surface area contributed by atoms with Gasteiger partial charge in [-0.25, -0.2) is 19.1 Å². The number of rotatable bonds is 9. The van der Waals surface area contributed by atoms with E-state index in [1.165, 1.54) is 0 Å². The molecule has 1 amide bonds. The van der Waals surface area contributed by atoms with Crippen LogP contribution < -0.4 is 5.32 Å². The van der Waals surface area contributed by atoms with Gasteiger partial charge in [-0.05, 0) is 56.7 Å². The van der Waals surface area contributed by atoms with Crippen molar-refractivity contribution in [2.45, 2.75) is 20.8 Å². The van der Waals surface area contributed by atoms with E-state index in [0.29, 0.717) is 5.56 Å². The van der Waals surface area contributed by atoms with Crippen molar-refractivity contribution >= 4 is 40.2 Å². The van der Waals surface area contributed by atoms with Crippen LogP contribution in [0.15, 0.2) is 42.7 Å². The topological polar surface area (TPSA) is 126 Å². The molecule has 2 aromatic heterocycles. The minimum absolute atomic E-state index is 0.0591. The number of thiophene rings is 1. The normalized spacial score (nSPS) is 10.4. The number of nitrogens with zero attached hydrogens (tertiary/aromatic N) is 2. The van der Waals surface area contributed by atoms with Gasteiger partial charge in [0.1, 0.15) is 9.88 Å². The van der Waals surface area contributed by atoms with Crippen LogP contribution in [0.1, 0.15) is 49.8 Å². The largest absolute Gasteiger partial charge is 0.462 e. The fourth-order valence-corrected chi connectivity index (χ4v) is 4.10. The van der Waals surface area contributed by atoms with Gasteiger partial charge in [0.05, 0.1) is 30.0 Å². The van der Waals surface area contributed by atoms with Crippen molar-refractivity contribution in [3.63, 3.8) is 0 Å². The van der Waals surface area contributed by atoms with Crippen molar-refractivity contribution < 1.29 is 33.4 Å². The summed E-state index contributed by atoms with van der Waals surface area (Å²) in [5.41, 5.74) is 1.42. The van der Waals surface area contributed by atoms with Crippen molar-refractivity contribution in [2.24, 2.45) is 0 Å². The molecular weight excluding hydrogens is 462 g/mol. The molecule has 0 spiro atoms. The summed E-state index contributed by atoms with van der Waals surface area (Å²) in [5.74, 6) is -2.66. The maximum Gasteiger partial charge on any atom is 0.348 e. The number of carbonyl (C=O) groups excluding carboxylic acids is 4. The maximum absolute atomic E-state index is 12.4. The fourth-order valence-electron chi connectivity index (χ4n) is 2.99. The summed E-state index contributed by atoms with van der Waals surface area (Å²) in [4.78, 5) is 49.6. The summed E-state index contributed by atoms with van der Waals surface area (Å²) >= 11 is 0.892. The van der Waals surface area contributed by atoms with Gasteiger partial charge in [-0.3, -0.25) is 4.79 Å². The van der Waals surface area contributed by atoms with Gasteiger partial charge in [0.15, 0.2) is 6.61 Å². The lowest BCUT2D eigenvalue weighted by molar-refractivity contribution is -0.119. The molecule has 0 fully saturated rings. The lowest BCUT2D eigenvalue weighted by Gasteiger charge is -2.08. The smallest absolute Gasteiger partial charge is 0.348 e. The molecule has 10 nitrogen and oxygen atoms in total. The summed E-state index contributed by atoms with van der Waals surface area (Å²) in [6.45, 7) is 4.56. The van der Waals surface area contributed by atoms with Crippen LogP contribution in [0.25, 0.3) is 5.69 Å². The van der Waals surface area contributed by atoms with Crippen LogP contribution >= 0.6 is 11.3 Å². The molecule has 0 radical (unpaired) electrons. The summed E-state index contributed by atoms with van der Waals surface area (Å²) in [6, 6.07) is 8.29. The lowest BCUT2D eigenvalue weighted by Crippen LogP contribution is -2.21. The SMILES string of the molecule is CCOC(=O)c1sc(NC(=O)COC(=O)c2ccc(-n3cccn3)cc2)c(C(=O)OCC)c1C. The highest BCUT2D eigenvalue weighted by Gasteiger charge is 2.27. The number of hydrogen-bond acceptors (Lipinski definition) is 9. The molecule has 3 aromatic rings. The van der Waals surface area contributed by atoms with Crippen LogP contribution in [0.2, 0.25) is 0 Å². The molecule has 1 N–H and O–H groups in total. The zero-order chi connectivity index (χ0) is 24.7. The fraction of sp³-hybridized carbons (Fsp3) is 0.261. The highest BCUT2D eigenvalue weighted by atomic mass is 32.1. The van der Waals surface area contributed by atoms with Gasteiger partial charge in [-0.1, -0.05) is 0 Å². The number of amides is 1. The minimum atomic E-state index is -0.692. The summed E-state index contributed by atoms with van der Waals surface area (Å²) < 4.78 is 16.8. The van der Waals surface area contributed by atoms with Gasteiger partial charge in [-0.15, -0.1) is 11.3 Å². The Kier molecular flexibility index (Phi) is 8.14. The van der Waals surface area contributed by atoms with Crippen LogP contribution in [0.4, 0.5) is 5.00 Å². The number of hydrogen-bond donors (Lipinski definition) is 1. The molecule has 0 unspecified atom stereocenters. The second-order valence-corrected chi connectivity index (χ2v) is 7.84. The van der Waals surface area contributed by atoms with Crippen molar-refractivity contribution in [3.05, 3.63) is 64.3 Å². The summed E-state index contributed by atoms with van der Waals surface area (Å²) in [6.07, 6.45) is 3.40. The first-order valence-corrected chi connectivity index (χ1v) is 11.2. The lowest BCUT2D eigenvalue weighted by atomic mass is 10.1. The molecule has 0 aliphatic rings. The molecule has 2 heterocycles. The molecule has 0 aliphatic carbocycles. The van der Waals surface area contributed by atoms with Crippen molar-refractivity contribution in [3.8, 4) is 5.69 Å². The summed E-state index contributed by atoms with van der Waals surface area (Å²) in [5, 5.41) is 6.75. The Morgan fingerprint density at radius 1 is 0.971 bits per heavy atom. The van der Waals surface area contributed by atoms with Gasteiger partial charge in [-0.2, -0.15) is 5.10 Å². The average Bonchev–Trinajstić information content (AvgIpc) is 3.46. The van der Waals surface area contributed by atoms with Crippen molar-refractivity contribution in [1.82, 2.24) is 9.78 Å². The summed E-state index contributed by atoms with van der Waals surface area (Å²) in [7, 11) is 0. The predicted molar refractivity (Wildman–Crippen MR) is 123 cm³/mol. The molecule has 0 bridgehead atoms. The molecule has 3 rings (SSSR count). The van der Waals surface area contributed by atoms with E-state index in [1.807, 2.05) is 0 Å². The van der Waals surface area contributed by atoms with E-state index >= 15 is 0 Å². The maximum atomic E-state index is 12.4. The quantitative estimate of drug-likeness (QED) is 0.361. The van der Waals surface area contributed by atoms with Gasteiger partial charge >= 0.3 is 17.9 Å². The monoisotopic (exact) mass is 485 g/mol. The first-order valence-electron chi connectivity index (χ1n) is 10.4. The van der Waals surface area contributed by atoms with Gasteiger partial charge in [0.2, 0.25) is 0 Å². The van der Waals surface area contributed by atoms with Crippen molar-refractivity contribution in [1.29, 1.82) is 0 Å². The number of esters is 3. The molecule has 34 heavy (non-hydrogen) atoms. The Labute approximate surface area is 199 Å². The third kappa shape index (κ3) is 5.67. The zero-order valence-electron chi connectivity index (χ0n) is 18.8. The Bertz CT molecular complexity index is 1180. The van der Waals surface area contributed by atoms with Crippen LogP contribution in [-0.4, -0.2) is 53.4 Å². The Balaban J connectivity index is 1.67. The predicted octanol–water partition coefficient (Wildman–Crippen LogP) is 3.39. The van der Waals surface area contributed by atoms with E-state index in [-0.39, 0.29) is 34.2 Å². The number of aromatic nitrogens is 2. The molecule has 0 aliphatic heterocycles. The molecule has 11 heteroatoms. The first kappa shape index (κ1) is 24.6. The molecule has 0 saturated carbocycles. The van der Waals surface area contributed by atoms with E-state index < -0.39 is 30.4 Å². The third-order valence-corrected chi connectivity index (χ3v) is 5.73. The van der Waals surface area contributed by atoms with Crippen molar-refractivity contribution in [2.75, 3.05) is 25.1 Å². The number of nitrogens with one attached hydrogen (secondary N) is 1. The third-order valence-electron chi connectivity index (χ3n) is 4.55. The second-order valence-electron chi connectivity index (χ2n) is 6.82. The Morgan fingerprint density at radius 2 is 1.65 bits per heavy atom. The van der Waals surface area contributed by atoms with E-state index in [0.717, 1.165) is 17.0 Å². The van der Waals surface area contributed by atoms with E-state index in [2.05, 4.69) is 10.4 Å².